The van der Waals surface area contributed by atoms with E-state index in [0.29, 0.717) is 26.5 Å². The number of anilines is 2. The molecule has 31 heavy (non-hydrogen) atoms. The number of benzene rings is 1. The van der Waals surface area contributed by atoms with Gasteiger partial charge in [0.1, 0.15) is 5.00 Å². The predicted molar refractivity (Wildman–Crippen MR) is 128 cm³/mol. The molecule has 9 heteroatoms. The van der Waals surface area contributed by atoms with Crippen molar-refractivity contribution >= 4 is 57.0 Å². The topological polar surface area (TPSA) is 78.7 Å². The van der Waals surface area contributed by atoms with E-state index < -0.39 is 5.91 Å². The van der Waals surface area contributed by atoms with Crippen molar-refractivity contribution in [2.24, 2.45) is 11.7 Å². The van der Waals surface area contributed by atoms with E-state index in [2.05, 4.69) is 22.0 Å². The maximum Gasteiger partial charge on any atom is 0.251 e. The molecule has 0 spiro atoms. The van der Waals surface area contributed by atoms with Gasteiger partial charge in [0.25, 0.3) is 5.91 Å². The molecule has 2 amide bonds. The summed E-state index contributed by atoms with van der Waals surface area (Å²) >= 11 is 13.6. The standard InChI is InChI=1S/C22H26Cl2N4O2S/c1-13-2-4-15-18(10-13)31-22(20(15)21(25)30)26-19(29)12-27-6-8-28(9-7-27)14-3-5-16(23)17(24)11-14/h3,5,11,13H,2,4,6-10,12H2,1H3,(H2,25,30)(H,26,29). The lowest BCUT2D eigenvalue weighted by atomic mass is 9.88. The molecule has 1 aliphatic carbocycles. The molecule has 166 valence electrons. The van der Waals surface area contributed by atoms with Crippen molar-refractivity contribution < 1.29 is 9.59 Å². The van der Waals surface area contributed by atoms with E-state index in [4.69, 9.17) is 28.9 Å². The average molecular weight is 481 g/mol. The zero-order valence-corrected chi connectivity index (χ0v) is 19.7. The fourth-order valence-corrected chi connectivity index (χ4v) is 6.04. The first-order valence-electron chi connectivity index (χ1n) is 10.5. The monoisotopic (exact) mass is 480 g/mol. The van der Waals surface area contributed by atoms with Crippen molar-refractivity contribution in [2.45, 2.75) is 26.2 Å². The molecule has 1 saturated heterocycles. The minimum Gasteiger partial charge on any atom is -0.369 e. The highest BCUT2D eigenvalue weighted by Gasteiger charge is 2.28. The Balaban J connectivity index is 1.36. The summed E-state index contributed by atoms with van der Waals surface area (Å²) in [6, 6.07) is 5.63. The summed E-state index contributed by atoms with van der Waals surface area (Å²) in [7, 11) is 0. The maximum absolute atomic E-state index is 12.7. The second-order valence-corrected chi connectivity index (χ2v) is 10.2. The van der Waals surface area contributed by atoms with Crippen LogP contribution in [0.4, 0.5) is 10.7 Å². The van der Waals surface area contributed by atoms with Crippen molar-refractivity contribution in [1.29, 1.82) is 0 Å². The second kappa shape index (κ2) is 9.36. The van der Waals surface area contributed by atoms with Crippen LogP contribution in [0.2, 0.25) is 10.0 Å². The van der Waals surface area contributed by atoms with Gasteiger partial charge in [-0.05, 0) is 48.9 Å². The maximum atomic E-state index is 12.7. The molecule has 2 aliphatic rings. The van der Waals surface area contributed by atoms with Gasteiger partial charge in [0.05, 0.1) is 22.2 Å². The number of halogens is 2. The Morgan fingerprint density at radius 2 is 1.94 bits per heavy atom. The first kappa shape index (κ1) is 22.4. The fraction of sp³-hybridized carbons (Fsp3) is 0.455. The van der Waals surface area contributed by atoms with Crippen LogP contribution in [0.3, 0.4) is 0 Å². The third-order valence-electron chi connectivity index (χ3n) is 6.02. The van der Waals surface area contributed by atoms with Crippen LogP contribution < -0.4 is 16.0 Å². The van der Waals surface area contributed by atoms with Crippen LogP contribution in [0.15, 0.2) is 18.2 Å². The molecular formula is C22H26Cl2N4O2S. The molecule has 0 bridgehead atoms. The number of rotatable bonds is 5. The third-order valence-corrected chi connectivity index (χ3v) is 7.93. The molecule has 2 heterocycles. The lowest BCUT2D eigenvalue weighted by Gasteiger charge is -2.35. The molecule has 1 atom stereocenters. The van der Waals surface area contributed by atoms with Gasteiger partial charge in [-0.2, -0.15) is 0 Å². The van der Waals surface area contributed by atoms with Crippen LogP contribution in [0.5, 0.6) is 0 Å². The minimum atomic E-state index is -0.461. The predicted octanol–water partition coefficient (Wildman–Crippen LogP) is 4.04. The van der Waals surface area contributed by atoms with Gasteiger partial charge in [-0.15, -0.1) is 11.3 Å². The van der Waals surface area contributed by atoms with Gasteiger partial charge in [-0.25, -0.2) is 0 Å². The summed E-state index contributed by atoms with van der Waals surface area (Å²) in [6.07, 6.45) is 2.82. The van der Waals surface area contributed by atoms with Crippen molar-refractivity contribution in [3.8, 4) is 0 Å². The van der Waals surface area contributed by atoms with Gasteiger partial charge >= 0.3 is 0 Å². The second-order valence-electron chi connectivity index (χ2n) is 8.33. The molecule has 1 unspecified atom stereocenters. The zero-order chi connectivity index (χ0) is 22.1. The Morgan fingerprint density at radius 3 is 2.61 bits per heavy atom. The molecule has 6 nitrogen and oxygen atoms in total. The van der Waals surface area contributed by atoms with Gasteiger partial charge in [0.2, 0.25) is 5.91 Å². The Morgan fingerprint density at radius 1 is 1.19 bits per heavy atom. The highest BCUT2D eigenvalue weighted by atomic mass is 35.5. The van der Waals surface area contributed by atoms with E-state index in [0.717, 1.165) is 56.7 Å². The number of primary amides is 1. The molecule has 1 aliphatic heterocycles. The van der Waals surface area contributed by atoms with Crippen molar-refractivity contribution in [3.05, 3.63) is 44.2 Å². The highest BCUT2D eigenvalue weighted by molar-refractivity contribution is 7.17. The molecule has 1 aromatic heterocycles. The number of nitrogens with two attached hydrogens (primary N) is 1. The van der Waals surface area contributed by atoms with E-state index in [1.165, 1.54) is 16.2 Å². The first-order chi connectivity index (χ1) is 14.8. The molecule has 0 saturated carbocycles. The quantitative estimate of drug-likeness (QED) is 0.676. The third kappa shape index (κ3) is 5.00. The Bertz CT molecular complexity index is 1000. The number of hydrogen-bond acceptors (Lipinski definition) is 5. The Kier molecular flexibility index (Phi) is 6.77. The minimum absolute atomic E-state index is 0.114. The van der Waals surface area contributed by atoms with Gasteiger partial charge in [-0.1, -0.05) is 30.1 Å². The summed E-state index contributed by atoms with van der Waals surface area (Å²) in [6.45, 7) is 5.60. The number of carbonyl (C=O) groups is 2. The number of thiophene rings is 1. The molecule has 1 fully saturated rings. The van der Waals surface area contributed by atoms with Crippen LogP contribution in [0, 0.1) is 5.92 Å². The van der Waals surface area contributed by atoms with E-state index in [-0.39, 0.29) is 12.5 Å². The van der Waals surface area contributed by atoms with Gasteiger partial charge in [0, 0.05) is 36.7 Å². The van der Waals surface area contributed by atoms with Crippen molar-refractivity contribution in [3.63, 3.8) is 0 Å². The van der Waals surface area contributed by atoms with Gasteiger partial charge < -0.3 is 16.0 Å². The van der Waals surface area contributed by atoms with Gasteiger partial charge in [0.15, 0.2) is 0 Å². The summed E-state index contributed by atoms with van der Waals surface area (Å²) in [5.74, 6) is 0.0111. The molecule has 2 aromatic rings. The molecular weight excluding hydrogens is 455 g/mol. The lowest BCUT2D eigenvalue weighted by Crippen LogP contribution is -2.48. The number of amides is 2. The van der Waals surface area contributed by atoms with Crippen LogP contribution >= 0.6 is 34.5 Å². The van der Waals surface area contributed by atoms with Crippen molar-refractivity contribution in [1.82, 2.24) is 4.90 Å². The molecule has 0 radical (unpaired) electrons. The number of nitrogens with one attached hydrogen (secondary N) is 1. The number of hydrogen-bond donors (Lipinski definition) is 2. The SMILES string of the molecule is CC1CCc2c(sc(NC(=O)CN3CCN(c4ccc(Cl)c(Cl)c4)CC3)c2C(N)=O)C1. The van der Waals surface area contributed by atoms with Crippen LogP contribution in [-0.2, 0) is 17.6 Å². The summed E-state index contributed by atoms with van der Waals surface area (Å²) in [4.78, 5) is 30.3. The summed E-state index contributed by atoms with van der Waals surface area (Å²) in [5.41, 5.74) is 8.21. The fourth-order valence-electron chi connectivity index (χ4n) is 4.31. The van der Waals surface area contributed by atoms with Crippen LogP contribution in [0.25, 0.3) is 0 Å². The van der Waals surface area contributed by atoms with Gasteiger partial charge in [-0.3, -0.25) is 14.5 Å². The highest BCUT2D eigenvalue weighted by Crippen LogP contribution is 2.39. The number of carbonyl (C=O) groups excluding carboxylic acids is 2. The smallest absolute Gasteiger partial charge is 0.251 e. The largest absolute Gasteiger partial charge is 0.369 e. The first-order valence-corrected chi connectivity index (χ1v) is 12.1. The molecule has 4 rings (SSSR count). The molecule has 1 aromatic carbocycles. The number of nitrogens with zero attached hydrogens (tertiary/aromatic N) is 2. The number of fused-ring (bicyclic) bond motifs is 1. The Hall–Kier alpha value is -1.80. The normalized spacial score (nSPS) is 19.2. The van der Waals surface area contributed by atoms with Crippen LogP contribution in [0.1, 0.15) is 34.1 Å². The number of piperazine rings is 1. The summed E-state index contributed by atoms with van der Waals surface area (Å²) in [5, 5.41) is 4.65. The average Bonchev–Trinajstić information content (AvgIpc) is 3.07. The van der Waals surface area contributed by atoms with Crippen molar-refractivity contribution in [2.75, 3.05) is 42.9 Å². The van der Waals surface area contributed by atoms with E-state index in [1.54, 1.807) is 6.07 Å². The van der Waals surface area contributed by atoms with E-state index in [1.807, 2.05) is 12.1 Å². The van der Waals surface area contributed by atoms with E-state index >= 15 is 0 Å². The lowest BCUT2D eigenvalue weighted by molar-refractivity contribution is -0.117. The molecule has 3 N–H and O–H groups in total. The van der Waals surface area contributed by atoms with Crippen LogP contribution in [-0.4, -0.2) is 49.4 Å². The summed E-state index contributed by atoms with van der Waals surface area (Å²) < 4.78 is 0. The zero-order valence-electron chi connectivity index (χ0n) is 17.4. The van der Waals surface area contributed by atoms with E-state index in [9.17, 15) is 9.59 Å². The Labute approximate surface area is 196 Å².